The Morgan fingerprint density at radius 2 is 2.13 bits per heavy atom. The fraction of sp³-hybridized carbons (Fsp3) is 0.385. The second kappa shape index (κ2) is 3.38. The van der Waals surface area contributed by atoms with Crippen molar-refractivity contribution in [2.75, 3.05) is 11.9 Å². The molecule has 0 radical (unpaired) electrons. The number of para-hydroxylation sites is 1. The number of fused-ring (bicyclic) bond motifs is 2. The fourth-order valence-electron chi connectivity index (χ4n) is 2.57. The lowest BCUT2D eigenvalue weighted by molar-refractivity contribution is 0.165. The van der Waals surface area contributed by atoms with Gasteiger partial charge in [0.2, 0.25) is 0 Å². The Bertz CT molecular complexity index is 422. The van der Waals surface area contributed by atoms with Gasteiger partial charge in [0.05, 0.1) is 6.10 Å². The van der Waals surface area contributed by atoms with Crippen LogP contribution in [0.5, 0.6) is 0 Å². The van der Waals surface area contributed by atoms with E-state index in [4.69, 9.17) is 0 Å². The fourth-order valence-corrected chi connectivity index (χ4v) is 2.57. The van der Waals surface area contributed by atoms with Crippen molar-refractivity contribution >= 4 is 11.3 Å². The van der Waals surface area contributed by atoms with Crippen LogP contribution in [-0.4, -0.2) is 17.8 Å². The minimum absolute atomic E-state index is 0.144. The minimum atomic E-state index is -0.144. The van der Waals surface area contributed by atoms with Crippen LogP contribution in [0.15, 0.2) is 29.8 Å². The Hall–Kier alpha value is -1.28. The molecule has 2 N–H and O–H groups in total. The van der Waals surface area contributed by atoms with E-state index in [0.717, 1.165) is 25.8 Å². The van der Waals surface area contributed by atoms with Gasteiger partial charge in [-0.1, -0.05) is 18.2 Å². The van der Waals surface area contributed by atoms with Gasteiger partial charge in [-0.05, 0) is 36.5 Å². The summed E-state index contributed by atoms with van der Waals surface area (Å²) in [6.07, 6.45) is 2.64. The maximum Gasteiger partial charge on any atom is 0.0583 e. The number of aliphatic hydroxyl groups is 1. The van der Waals surface area contributed by atoms with E-state index in [9.17, 15) is 5.11 Å². The van der Waals surface area contributed by atoms with Crippen LogP contribution >= 0.6 is 0 Å². The first-order valence-corrected chi connectivity index (χ1v) is 5.57. The molecule has 15 heavy (non-hydrogen) atoms. The van der Waals surface area contributed by atoms with Crippen molar-refractivity contribution in [3.8, 4) is 0 Å². The molecule has 1 atom stereocenters. The lowest BCUT2D eigenvalue weighted by atomic mass is 9.83. The van der Waals surface area contributed by atoms with E-state index >= 15 is 0 Å². The van der Waals surface area contributed by atoms with Gasteiger partial charge in [-0.25, -0.2) is 0 Å². The molecule has 78 valence electrons. The highest BCUT2D eigenvalue weighted by atomic mass is 16.3. The number of hydrogen-bond donors (Lipinski definition) is 2. The summed E-state index contributed by atoms with van der Waals surface area (Å²) >= 11 is 0. The normalized spacial score (nSPS) is 24.2. The van der Waals surface area contributed by atoms with Gasteiger partial charge in [-0.2, -0.15) is 0 Å². The number of rotatable bonds is 0. The molecule has 1 aliphatic heterocycles. The van der Waals surface area contributed by atoms with Crippen molar-refractivity contribution in [3.63, 3.8) is 0 Å². The Labute approximate surface area is 89.6 Å². The van der Waals surface area contributed by atoms with Crippen molar-refractivity contribution in [2.45, 2.75) is 25.4 Å². The molecule has 3 rings (SSSR count). The Balaban J connectivity index is 2.09. The average Bonchev–Trinajstić information content (AvgIpc) is 2.29. The number of hydrogen-bond acceptors (Lipinski definition) is 2. The summed E-state index contributed by atoms with van der Waals surface area (Å²) in [5, 5.41) is 13.2. The molecule has 2 aliphatic rings. The van der Waals surface area contributed by atoms with Crippen LogP contribution < -0.4 is 5.32 Å². The van der Waals surface area contributed by atoms with E-state index in [2.05, 4.69) is 29.6 Å². The lowest BCUT2D eigenvalue weighted by Gasteiger charge is -2.30. The monoisotopic (exact) mass is 201 g/mol. The molecule has 0 aromatic heterocycles. The van der Waals surface area contributed by atoms with E-state index < -0.39 is 0 Å². The van der Waals surface area contributed by atoms with Gasteiger partial charge in [0.25, 0.3) is 0 Å². The van der Waals surface area contributed by atoms with Gasteiger partial charge in [-0.15, -0.1) is 0 Å². The third-order valence-electron chi connectivity index (χ3n) is 3.39. The van der Waals surface area contributed by atoms with Crippen LogP contribution in [0.4, 0.5) is 5.69 Å². The van der Waals surface area contributed by atoms with Crippen molar-refractivity contribution in [1.29, 1.82) is 0 Å². The Kier molecular flexibility index (Phi) is 2.03. The summed E-state index contributed by atoms with van der Waals surface area (Å²) in [7, 11) is 0. The molecule has 1 unspecified atom stereocenters. The molecule has 1 aromatic carbocycles. The molecule has 0 amide bonds. The molecule has 1 aliphatic carbocycles. The first-order valence-electron chi connectivity index (χ1n) is 5.57. The van der Waals surface area contributed by atoms with Crippen LogP contribution in [0.1, 0.15) is 24.8 Å². The Morgan fingerprint density at radius 1 is 1.27 bits per heavy atom. The molecular weight excluding hydrogens is 186 g/mol. The first kappa shape index (κ1) is 8.98. The summed E-state index contributed by atoms with van der Waals surface area (Å²) in [6, 6.07) is 8.38. The van der Waals surface area contributed by atoms with Crippen LogP contribution in [0.3, 0.4) is 0 Å². The molecule has 0 saturated carbocycles. The predicted molar refractivity (Wildman–Crippen MR) is 61.7 cm³/mol. The summed E-state index contributed by atoms with van der Waals surface area (Å²) in [4.78, 5) is 0. The topological polar surface area (TPSA) is 32.3 Å². The molecule has 0 saturated heterocycles. The van der Waals surface area contributed by atoms with Gasteiger partial charge in [0.15, 0.2) is 0 Å². The maximum atomic E-state index is 9.72. The van der Waals surface area contributed by atoms with E-state index in [1.807, 2.05) is 0 Å². The van der Waals surface area contributed by atoms with E-state index in [-0.39, 0.29) is 6.10 Å². The van der Waals surface area contributed by atoms with E-state index in [0.29, 0.717) is 0 Å². The standard InChI is InChI=1S/C13H15NO/c15-10-6-5-9-8-14-13-4-2-1-3-11(13)12(9)7-10/h1-4,10,14-15H,5-8H2. The number of aliphatic hydroxyl groups excluding tert-OH is 1. The summed E-state index contributed by atoms with van der Waals surface area (Å²) in [5.74, 6) is 0. The van der Waals surface area contributed by atoms with Crippen molar-refractivity contribution in [2.24, 2.45) is 0 Å². The van der Waals surface area contributed by atoms with E-state index in [1.165, 1.54) is 22.4 Å². The first-order chi connectivity index (χ1) is 7.34. The van der Waals surface area contributed by atoms with Gasteiger partial charge in [0.1, 0.15) is 0 Å². The molecule has 2 nitrogen and oxygen atoms in total. The molecule has 0 fully saturated rings. The van der Waals surface area contributed by atoms with Crippen molar-refractivity contribution in [3.05, 3.63) is 35.4 Å². The molecule has 0 spiro atoms. The number of nitrogens with one attached hydrogen (secondary N) is 1. The maximum absolute atomic E-state index is 9.72. The third-order valence-corrected chi connectivity index (χ3v) is 3.39. The van der Waals surface area contributed by atoms with Crippen LogP contribution in [0.2, 0.25) is 0 Å². The van der Waals surface area contributed by atoms with Crippen LogP contribution in [0.25, 0.3) is 5.57 Å². The van der Waals surface area contributed by atoms with Gasteiger partial charge >= 0.3 is 0 Å². The molecule has 0 bridgehead atoms. The van der Waals surface area contributed by atoms with Gasteiger partial charge in [0, 0.05) is 17.8 Å². The zero-order valence-electron chi connectivity index (χ0n) is 8.66. The SMILES string of the molecule is OC1CCC2=C(C1)c1ccccc1NC2. The third kappa shape index (κ3) is 1.45. The smallest absolute Gasteiger partial charge is 0.0583 e. The van der Waals surface area contributed by atoms with Crippen LogP contribution in [-0.2, 0) is 0 Å². The average molecular weight is 201 g/mol. The number of benzene rings is 1. The van der Waals surface area contributed by atoms with E-state index in [1.54, 1.807) is 0 Å². The molecule has 1 aromatic rings. The second-order valence-electron chi connectivity index (χ2n) is 4.38. The zero-order chi connectivity index (χ0) is 10.3. The highest BCUT2D eigenvalue weighted by Gasteiger charge is 2.24. The predicted octanol–water partition coefficient (Wildman–Crippen LogP) is 2.41. The summed E-state index contributed by atoms with van der Waals surface area (Å²) < 4.78 is 0. The lowest BCUT2D eigenvalue weighted by Crippen LogP contribution is -2.22. The quantitative estimate of drug-likeness (QED) is 0.675. The van der Waals surface area contributed by atoms with Crippen molar-refractivity contribution < 1.29 is 5.11 Å². The highest BCUT2D eigenvalue weighted by Crippen LogP contribution is 2.38. The largest absolute Gasteiger partial charge is 0.393 e. The van der Waals surface area contributed by atoms with Crippen LogP contribution in [0, 0.1) is 0 Å². The summed E-state index contributed by atoms with van der Waals surface area (Å²) in [6.45, 7) is 0.957. The van der Waals surface area contributed by atoms with Gasteiger partial charge < -0.3 is 10.4 Å². The molecule has 1 heterocycles. The zero-order valence-corrected chi connectivity index (χ0v) is 8.66. The van der Waals surface area contributed by atoms with Crippen molar-refractivity contribution in [1.82, 2.24) is 0 Å². The Morgan fingerprint density at radius 3 is 3.07 bits per heavy atom. The summed E-state index contributed by atoms with van der Waals surface area (Å²) in [5.41, 5.74) is 5.37. The van der Waals surface area contributed by atoms with Gasteiger partial charge in [-0.3, -0.25) is 0 Å². The minimum Gasteiger partial charge on any atom is -0.393 e. The second-order valence-corrected chi connectivity index (χ2v) is 4.38. The molecular formula is C13H15NO. The highest BCUT2D eigenvalue weighted by molar-refractivity contribution is 5.82. The number of anilines is 1. The molecule has 2 heteroatoms.